The molecule has 5 rings (SSSR count). The predicted octanol–water partition coefficient (Wildman–Crippen LogP) is 3.35. The number of benzene rings is 1. The first-order chi connectivity index (χ1) is 14.2. The predicted molar refractivity (Wildman–Crippen MR) is 113 cm³/mol. The Morgan fingerprint density at radius 3 is 2.52 bits per heavy atom. The SMILES string of the molecule is CN(c1ccc(-c2ccc(-c3cn[nH]c3)cc2O)nn1)C1C[C@H]2CCC[C@@H](C1)N2. The number of hydrogen-bond donors (Lipinski definition) is 3. The minimum Gasteiger partial charge on any atom is -0.507 e. The molecule has 150 valence electrons. The van der Waals surface area contributed by atoms with Crippen molar-refractivity contribution in [2.45, 2.75) is 50.2 Å². The molecule has 0 aliphatic carbocycles. The number of aromatic hydroxyl groups is 1. The Bertz CT molecular complexity index is 959. The summed E-state index contributed by atoms with van der Waals surface area (Å²) in [6, 6.07) is 11.3. The van der Waals surface area contributed by atoms with Crippen molar-refractivity contribution in [3.8, 4) is 28.1 Å². The van der Waals surface area contributed by atoms with Gasteiger partial charge < -0.3 is 15.3 Å². The highest BCUT2D eigenvalue weighted by molar-refractivity contribution is 5.73. The number of H-pyrrole nitrogens is 1. The van der Waals surface area contributed by atoms with Gasteiger partial charge in [-0.1, -0.05) is 12.5 Å². The third-order valence-electron chi connectivity index (χ3n) is 6.35. The normalized spacial score (nSPS) is 23.7. The molecule has 2 aliphatic rings. The minimum absolute atomic E-state index is 0.185. The molecule has 0 radical (unpaired) electrons. The lowest BCUT2D eigenvalue weighted by atomic mass is 9.83. The van der Waals surface area contributed by atoms with E-state index in [1.54, 1.807) is 18.5 Å². The van der Waals surface area contributed by atoms with Gasteiger partial charge in [0.15, 0.2) is 5.82 Å². The largest absolute Gasteiger partial charge is 0.507 e. The summed E-state index contributed by atoms with van der Waals surface area (Å²) in [5, 5.41) is 29.9. The van der Waals surface area contributed by atoms with Gasteiger partial charge in [-0.15, -0.1) is 10.2 Å². The number of phenols is 1. The molecule has 1 unspecified atom stereocenters. The fourth-order valence-corrected chi connectivity index (χ4v) is 4.73. The van der Waals surface area contributed by atoms with Crippen LogP contribution in [0.2, 0.25) is 0 Å². The highest BCUT2D eigenvalue weighted by atomic mass is 16.3. The molecule has 7 heteroatoms. The van der Waals surface area contributed by atoms with Gasteiger partial charge in [0, 0.05) is 42.5 Å². The van der Waals surface area contributed by atoms with Gasteiger partial charge in [-0.05, 0) is 55.5 Å². The van der Waals surface area contributed by atoms with Crippen molar-refractivity contribution in [2.75, 3.05) is 11.9 Å². The van der Waals surface area contributed by atoms with Crippen LogP contribution in [-0.4, -0.2) is 50.7 Å². The molecule has 2 aromatic heterocycles. The number of fused-ring (bicyclic) bond motifs is 2. The summed E-state index contributed by atoms with van der Waals surface area (Å²) in [5.74, 6) is 1.07. The zero-order valence-corrected chi connectivity index (χ0v) is 16.5. The standard InChI is InChI=1S/C22H26N6O/c1-28(18-10-16-3-2-4-17(11-18)25-16)22-8-7-20(26-27-22)19-6-5-14(9-21(19)29)15-12-23-24-13-15/h5-9,12-13,16-18,25,29H,2-4,10-11H2,1H3,(H,23,24)/t16-,17+,18?. The van der Waals surface area contributed by atoms with Gasteiger partial charge in [0.2, 0.25) is 0 Å². The first-order valence-electron chi connectivity index (χ1n) is 10.3. The highest BCUT2D eigenvalue weighted by Crippen LogP contribution is 2.33. The second-order valence-corrected chi connectivity index (χ2v) is 8.22. The Balaban J connectivity index is 1.33. The molecular formula is C22H26N6O. The number of anilines is 1. The van der Waals surface area contributed by atoms with E-state index < -0.39 is 0 Å². The smallest absolute Gasteiger partial charge is 0.151 e. The number of aromatic nitrogens is 4. The summed E-state index contributed by atoms with van der Waals surface area (Å²) in [4.78, 5) is 2.27. The van der Waals surface area contributed by atoms with Crippen molar-refractivity contribution in [3.63, 3.8) is 0 Å². The zero-order chi connectivity index (χ0) is 19.8. The maximum Gasteiger partial charge on any atom is 0.151 e. The van der Waals surface area contributed by atoms with Crippen LogP contribution in [0.25, 0.3) is 22.4 Å². The van der Waals surface area contributed by atoms with Crippen molar-refractivity contribution < 1.29 is 5.11 Å². The van der Waals surface area contributed by atoms with E-state index in [4.69, 9.17) is 0 Å². The number of phenolic OH excluding ortho intramolecular Hbond substituents is 1. The maximum absolute atomic E-state index is 10.5. The molecule has 7 nitrogen and oxygen atoms in total. The summed E-state index contributed by atoms with van der Waals surface area (Å²) in [5.41, 5.74) is 3.18. The Kier molecular flexibility index (Phi) is 4.67. The van der Waals surface area contributed by atoms with Crippen molar-refractivity contribution in [2.24, 2.45) is 0 Å². The lowest BCUT2D eigenvalue weighted by Crippen LogP contribution is -2.54. The van der Waals surface area contributed by atoms with E-state index in [1.165, 1.54) is 19.3 Å². The van der Waals surface area contributed by atoms with Gasteiger partial charge in [-0.25, -0.2) is 0 Å². The van der Waals surface area contributed by atoms with Gasteiger partial charge in [0.1, 0.15) is 5.75 Å². The molecule has 2 saturated heterocycles. The van der Waals surface area contributed by atoms with Gasteiger partial charge in [0.25, 0.3) is 0 Å². The van der Waals surface area contributed by atoms with Crippen LogP contribution < -0.4 is 10.2 Å². The summed E-state index contributed by atoms with van der Waals surface area (Å²) < 4.78 is 0. The van der Waals surface area contributed by atoms with E-state index in [-0.39, 0.29) is 5.75 Å². The monoisotopic (exact) mass is 390 g/mol. The summed E-state index contributed by atoms with van der Waals surface area (Å²) in [6.45, 7) is 0. The number of rotatable bonds is 4. The maximum atomic E-state index is 10.5. The van der Waals surface area contributed by atoms with E-state index in [0.717, 1.165) is 29.8 Å². The Morgan fingerprint density at radius 2 is 1.86 bits per heavy atom. The molecule has 0 amide bonds. The van der Waals surface area contributed by atoms with Crippen LogP contribution >= 0.6 is 0 Å². The molecule has 4 heterocycles. The van der Waals surface area contributed by atoms with Crippen LogP contribution in [-0.2, 0) is 0 Å². The average Bonchev–Trinajstić information content (AvgIpc) is 3.28. The minimum atomic E-state index is 0.185. The lowest BCUT2D eigenvalue weighted by molar-refractivity contribution is 0.219. The van der Waals surface area contributed by atoms with Crippen LogP contribution in [0.1, 0.15) is 32.1 Å². The van der Waals surface area contributed by atoms with Gasteiger partial charge in [-0.3, -0.25) is 5.10 Å². The summed E-state index contributed by atoms with van der Waals surface area (Å²) in [6.07, 6.45) is 9.75. The molecule has 3 N–H and O–H groups in total. The fourth-order valence-electron chi connectivity index (χ4n) is 4.73. The van der Waals surface area contributed by atoms with Crippen LogP contribution in [0.5, 0.6) is 5.75 Å². The fraction of sp³-hybridized carbons (Fsp3) is 0.409. The van der Waals surface area contributed by atoms with Gasteiger partial charge in [-0.2, -0.15) is 5.10 Å². The quantitative estimate of drug-likeness (QED) is 0.633. The molecule has 3 atom stereocenters. The Morgan fingerprint density at radius 1 is 1.03 bits per heavy atom. The second kappa shape index (κ2) is 7.48. The van der Waals surface area contributed by atoms with Crippen molar-refractivity contribution in [1.29, 1.82) is 0 Å². The van der Waals surface area contributed by atoms with E-state index in [9.17, 15) is 5.11 Å². The molecule has 2 fully saturated rings. The lowest BCUT2D eigenvalue weighted by Gasteiger charge is -2.43. The number of nitrogens with one attached hydrogen (secondary N) is 2. The molecule has 0 spiro atoms. The number of piperidine rings is 2. The first-order valence-corrected chi connectivity index (χ1v) is 10.3. The summed E-state index contributed by atoms with van der Waals surface area (Å²) in [7, 11) is 2.12. The molecular weight excluding hydrogens is 364 g/mol. The van der Waals surface area contributed by atoms with Crippen LogP contribution in [0.3, 0.4) is 0 Å². The van der Waals surface area contributed by atoms with E-state index in [2.05, 4.69) is 37.7 Å². The topological polar surface area (TPSA) is 90.0 Å². The molecule has 2 aliphatic heterocycles. The first kappa shape index (κ1) is 18.1. The van der Waals surface area contributed by atoms with Crippen LogP contribution in [0.15, 0.2) is 42.7 Å². The molecule has 3 aromatic rings. The second-order valence-electron chi connectivity index (χ2n) is 8.22. The molecule has 1 aromatic carbocycles. The molecule has 0 saturated carbocycles. The van der Waals surface area contributed by atoms with Gasteiger partial charge in [0.05, 0.1) is 11.9 Å². The third kappa shape index (κ3) is 3.58. The van der Waals surface area contributed by atoms with Crippen molar-refractivity contribution in [3.05, 3.63) is 42.7 Å². The number of aromatic amines is 1. The Hall–Kier alpha value is -2.93. The van der Waals surface area contributed by atoms with E-state index in [1.807, 2.05) is 24.3 Å². The van der Waals surface area contributed by atoms with E-state index in [0.29, 0.717) is 29.4 Å². The highest BCUT2D eigenvalue weighted by Gasteiger charge is 2.33. The van der Waals surface area contributed by atoms with Crippen LogP contribution in [0.4, 0.5) is 5.82 Å². The van der Waals surface area contributed by atoms with Crippen molar-refractivity contribution >= 4 is 5.82 Å². The molecule has 29 heavy (non-hydrogen) atoms. The van der Waals surface area contributed by atoms with Crippen molar-refractivity contribution in [1.82, 2.24) is 25.7 Å². The van der Waals surface area contributed by atoms with Crippen LogP contribution in [0, 0.1) is 0 Å². The summed E-state index contributed by atoms with van der Waals surface area (Å²) >= 11 is 0. The third-order valence-corrected chi connectivity index (χ3v) is 6.35. The van der Waals surface area contributed by atoms with Gasteiger partial charge >= 0.3 is 0 Å². The zero-order valence-electron chi connectivity index (χ0n) is 16.5. The number of nitrogens with zero attached hydrogens (tertiary/aromatic N) is 4. The Labute approximate surface area is 170 Å². The average molecular weight is 390 g/mol. The number of hydrogen-bond acceptors (Lipinski definition) is 6. The van der Waals surface area contributed by atoms with E-state index >= 15 is 0 Å². The molecule has 2 bridgehead atoms.